The highest BCUT2D eigenvalue weighted by atomic mass is 31.2. The van der Waals surface area contributed by atoms with Gasteiger partial charge in [-0.1, -0.05) is 180 Å². The van der Waals surface area contributed by atoms with Gasteiger partial charge < -0.3 is 19.3 Å². The summed E-state index contributed by atoms with van der Waals surface area (Å²) in [6.45, 7) is 5.94. The van der Waals surface area contributed by atoms with Crippen LogP contribution < -0.4 is 0 Å². The molecule has 0 saturated heterocycles. The number of unbranched alkanes of at least 4 members (excludes halogenated alkanes) is 27. The molecule has 7 heteroatoms. The summed E-state index contributed by atoms with van der Waals surface area (Å²) in [7, 11) is -4.52. The van der Waals surface area contributed by atoms with E-state index in [9.17, 15) is 4.57 Å². The molecule has 46 heavy (non-hydrogen) atoms. The van der Waals surface area contributed by atoms with Crippen LogP contribution in [0.1, 0.15) is 206 Å². The average Bonchev–Trinajstić information content (AvgIpc) is 3.03. The maximum atomic E-state index is 11.2. The van der Waals surface area contributed by atoms with Crippen molar-refractivity contribution in [3.63, 3.8) is 0 Å². The van der Waals surface area contributed by atoms with Gasteiger partial charge in [0.05, 0.1) is 13.2 Å². The third-order valence-electron chi connectivity index (χ3n) is 8.88. The Labute approximate surface area is 286 Å². The second-order valence-corrected chi connectivity index (χ2v) is 14.8. The van der Waals surface area contributed by atoms with E-state index in [1.807, 2.05) is 0 Å². The van der Waals surface area contributed by atoms with E-state index >= 15 is 0 Å². The minimum Gasteiger partial charge on any atom is -0.379 e. The molecule has 276 valence electrons. The summed E-state index contributed by atoms with van der Waals surface area (Å²) in [6, 6.07) is 0. The maximum absolute atomic E-state index is 11.2. The Kier molecular flexibility index (Phi) is 37.4. The van der Waals surface area contributed by atoms with Gasteiger partial charge in [-0.2, -0.15) is 0 Å². The number of phosphoric acid groups is 1. The van der Waals surface area contributed by atoms with Gasteiger partial charge in [-0.25, -0.2) is 4.57 Å². The molecule has 2 N–H and O–H groups in total. The van der Waals surface area contributed by atoms with Crippen molar-refractivity contribution >= 4 is 7.82 Å². The van der Waals surface area contributed by atoms with Crippen LogP contribution >= 0.6 is 7.82 Å². The normalized spacial score (nSPS) is 12.9. The predicted octanol–water partition coefficient (Wildman–Crippen LogP) is 12.8. The first-order valence-corrected chi connectivity index (χ1v) is 21.6. The molecule has 0 heterocycles. The summed E-state index contributed by atoms with van der Waals surface area (Å²) in [4.78, 5) is 18.2. The Morgan fingerprint density at radius 2 is 0.826 bits per heavy atom. The fourth-order valence-corrected chi connectivity index (χ4v) is 6.25. The lowest BCUT2D eigenvalue weighted by atomic mass is 10.0. The molecule has 0 bridgehead atoms. The number of phosphoric ester groups is 1. The van der Waals surface area contributed by atoms with Crippen LogP contribution in [0.15, 0.2) is 12.2 Å². The molecule has 0 aliphatic heterocycles. The molecule has 0 aromatic carbocycles. The molecule has 0 radical (unpaired) electrons. The first-order chi connectivity index (χ1) is 22.5. The van der Waals surface area contributed by atoms with Crippen molar-refractivity contribution in [1.82, 2.24) is 0 Å². The minimum atomic E-state index is -4.52. The van der Waals surface area contributed by atoms with Crippen molar-refractivity contribution in [3.05, 3.63) is 12.2 Å². The monoisotopic (exact) mass is 675 g/mol. The van der Waals surface area contributed by atoms with E-state index in [0.717, 1.165) is 25.7 Å². The fraction of sp³-hybridized carbons (Fsp3) is 0.949. The van der Waals surface area contributed by atoms with Gasteiger partial charge in [0.15, 0.2) is 0 Å². The highest BCUT2D eigenvalue weighted by Gasteiger charge is 2.19. The van der Waals surface area contributed by atoms with Crippen LogP contribution in [0.5, 0.6) is 0 Å². The summed E-state index contributed by atoms with van der Waals surface area (Å²) in [5.74, 6) is 0. The molecule has 0 aliphatic rings. The molecule has 0 spiro atoms. The van der Waals surface area contributed by atoms with Gasteiger partial charge in [-0.05, 0) is 38.5 Å². The van der Waals surface area contributed by atoms with Crippen LogP contribution in [-0.4, -0.2) is 42.3 Å². The van der Waals surface area contributed by atoms with Crippen molar-refractivity contribution in [2.24, 2.45) is 0 Å². The molecular formula is C39H79O6P. The van der Waals surface area contributed by atoms with Crippen molar-refractivity contribution < 1.29 is 28.3 Å². The van der Waals surface area contributed by atoms with Crippen LogP contribution in [0.4, 0.5) is 0 Å². The molecule has 0 unspecified atom stereocenters. The van der Waals surface area contributed by atoms with Crippen LogP contribution in [-0.2, 0) is 18.6 Å². The molecule has 1 atom stereocenters. The third-order valence-corrected chi connectivity index (χ3v) is 9.37. The standard InChI is InChI=1S/C39H79O6P/c1-3-5-7-9-11-13-15-17-19-21-23-25-27-29-31-33-35-43-37-39(38-45-46(40,41)42)44-36-34-32-30-28-26-24-22-20-18-16-14-12-10-8-6-4-2/h18,20,39H,3-17,19,21-38H2,1-2H3,(H2,40,41,42)/b20-18-/t39-/m1/s1. The number of ether oxygens (including phenoxy) is 2. The van der Waals surface area contributed by atoms with E-state index in [2.05, 4.69) is 26.0 Å². The third kappa shape index (κ3) is 39.9. The highest BCUT2D eigenvalue weighted by Crippen LogP contribution is 2.35. The quantitative estimate of drug-likeness (QED) is 0.0383. The van der Waals surface area contributed by atoms with Gasteiger partial charge in [-0.15, -0.1) is 0 Å². The molecule has 0 fully saturated rings. The summed E-state index contributed by atoms with van der Waals surface area (Å²) in [6.07, 6.45) is 43.4. The van der Waals surface area contributed by atoms with E-state index in [1.54, 1.807) is 0 Å². The first kappa shape index (κ1) is 45.8. The highest BCUT2D eigenvalue weighted by molar-refractivity contribution is 7.46. The number of hydrogen-bond acceptors (Lipinski definition) is 4. The van der Waals surface area contributed by atoms with Gasteiger partial charge in [0, 0.05) is 13.2 Å². The van der Waals surface area contributed by atoms with Crippen molar-refractivity contribution in [2.75, 3.05) is 26.4 Å². The zero-order chi connectivity index (χ0) is 33.7. The zero-order valence-corrected chi connectivity index (χ0v) is 31.6. The van der Waals surface area contributed by atoms with Crippen LogP contribution in [0.2, 0.25) is 0 Å². The van der Waals surface area contributed by atoms with Crippen LogP contribution in [0.25, 0.3) is 0 Å². The smallest absolute Gasteiger partial charge is 0.379 e. The number of rotatable bonds is 39. The molecule has 6 nitrogen and oxygen atoms in total. The van der Waals surface area contributed by atoms with Gasteiger partial charge in [0.1, 0.15) is 6.10 Å². The van der Waals surface area contributed by atoms with Gasteiger partial charge in [-0.3, -0.25) is 4.52 Å². The van der Waals surface area contributed by atoms with E-state index in [1.165, 1.54) is 167 Å². The largest absolute Gasteiger partial charge is 0.469 e. The summed E-state index contributed by atoms with van der Waals surface area (Å²) >= 11 is 0. The van der Waals surface area contributed by atoms with E-state index in [4.69, 9.17) is 23.8 Å². The molecule has 0 aliphatic carbocycles. The minimum absolute atomic E-state index is 0.143. The Morgan fingerprint density at radius 3 is 1.22 bits per heavy atom. The lowest BCUT2D eigenvalue weighted by Gasteiger charge is -2.18. The van der Waals surface area contributed by atoms with Crippen LogP contribution in [0, 0.1) is 0 Å². The van der Waals surface area contributed by atoms with Gasteiger partial charge in [0.2, 0.25) is 0 Å². The van der Waals surface area contributed by atoms with E-state index < -0.39 is 13.9 Å². The lowest BCUT2D eigenvalue weighted by molar-refractivity contribution is -0.0429. The molecule has 0 rings (SSSR count). The molecule has 0 saturated carbocycles. The molecule has 0 amide bonds. The second-order valence-electron chi connectivity index (χ2n) is 13.6. The van der Waals surface area contributed by atoms with Crippen molar-refractivity contribution in [1.29, 1.82) is 0 Å². The molecular weight excluding hydrogens is 595 g/mol. The Bertz CT molecular complexity index is 652. The second kappa shape index (κ2) is 37.6. The van der Waals surface area contributed by atoms with Gasteiger partial charge >= 0.3 is 7.82 Å². The Morgan fingerprint density at radius 1 is 0.478 bits per heavy atom. The molecule has 0 aromatic rings. The average molecular weight is 675 g/mol. The molecule has 0 aromatic heterocycles. The SMILES string of the molecule is CCCCCCCC/C=C\CCCCCCCCO[C@H](COCCCCCCCCCCCCCCCCCC)COP(=O)(O)O. The van der Waals surface area contributed by atoms with E-state index in [-0.39, 0.29) is 6.61 Å². The number of hydrogen-bond donors (Lipinski definition) is 2. The topological polar surface area (TPSA) is 85.2 Å². The van der Waals surface area contributed by atoms with Crippen molar-refractivity contribution in [2.45, 2.75) is 213 Å². The Hall–Kier alpha value is -0.230. The predicted molar refractivity (Wildman–Crippen MR) is 198 cm³/mol. The summed E-state index contributed by atoms with van der Waals surface area (Å²) < 4.78 is 27.6. The zero-order valence-electron chi connectivity index (χ0n) is 30.7. The van der Waals surface area contributed by atoms with Crippen molar-refractivity contribution in [3.8, 4) is 0 Å². The fourth-order valence-electron chi connectivity index (χ4n) is 5.89. The lowest BCUT2D eigenvalue weighted by Crippen LogP contribution is -2.26. The van der Waals surface area contributed by atoms with Crippen LogP contribution in [0.3, 0.4) is 0 Å². The van der Waals surface area contributed by atoms with E-state index in [0.29, 0.717) is 19.8 Å². The first-order valence-electron chi connectivity index (χ1n) is 20.0. The maximum Gasteiger partial charge on any atom is 0.469 e. The Balaban J connectivity index is 3.66. The summed E-state index contributed by atoms with van der Waals surface area (Å²) in [5, 5.41) is 0. The van der Waals surface area contributed by atoms with Gasteiger partial charge in [0.25, 0.3) is 0 Å². The summed E-state index contributed by atoms with van der Waals surface area (Å²) in [5.41, 5.74) is 0. The number of allylic oxidation sites excluding steroid dienone is 2.